The zero-order valence-corrected chi connectivity index (χ0v) is 19.6. The van der Waals surface area contributed by atoms with Gasteiger partial charge in [-0.25, -0.2) is 9.97 Å². The van der Waals surface area contributed by atoms with Crippen LogP contribution in [0.2, 0.25) is 5.02 Å². The highest BCUT2D eigenvalue weighted by molar-refractivity contribution is 6.32. The summed E-state index contributed by atoms with van der Waals surface area (Å²) < 4.78 is 5.40. The van der Waals surface area contributed by atoms with Crippen LogP contribution in [0.4, 0.5) is 5.82 Å². The van der Waals surface area contributed by atoms with Crippen molar-refractivity contribution in [2.24, 2.45) is 5.73 Å². The average Bonchev–Trinajstić information content (AvgIpc) is 2.74. The predicted octanol–water partition coefficient (Wildman–Crippen LogP) is 5.99. The second-order valence-corrected chi connectivity index (χ2v) is 7.83. The van der Waals surface area contributed by atoms with E-state index in [2.05, 4.69) is 5.32 Å². The van der Waals surface area contributed by atoms with Gasteiger partial charge in [-0.05, 0) is 67.7 Å². The van der Waals surface area contributed by atoms with Crippen molar-refractivity contribution < 1.29 is 4.74 Å². The molecule has 4 rings (SSSR count). The molecule has 31 heavy (non-hydrogen) atoms. The Hall–Kier alpha value is -2.05. The fourth-order valence-corrected chi connectivity index (χ4v) is 3.87. The molecular weight excluding hydrogens is 455 g/mol. The van der Waals surface area contributed by atoms with Gasteiger partial charge in [-0.15, -0.1) is 24.8 Å². The molecule has 0 unspecified atom stereocenters. The zero-order valence-electron chi connectivity index (χ0n) is 17.3. The normalized spacial score (nSPS) is 18.3. The number of nitrogens with two attached hydrogens (primary N) is 1. The molecule has 0 amide bonds. The molecule has 5 nitrogen and oxygen atoms in total. The van der Waals surface area contributed by atoms with Crippen LogP contribution in [0, 0.1) is 0 Å². The van der Waals surface area contributed by atoms with Gasteiger partial charge in [0.15, 0.2) is 5.82 Å². The third-order valence-corrected chi connectivity index (χ3v) is 5.69. The summed E-state index contributed by atoms with van der Waals surface area (Å²) in [7, 11) is 1.67. The van der Waals surface area contributed by atoms with Gasteiger partial charge in [-0.1, -0.05) is 29.8 Å². The lowest BCUT2D eigenvalue weighted by Crippen LogP contribution is -2.33. The van der Waals surface area contributed by atoms with E-state index in [0.29, 0.717) is 22.9 Å². The molecular formula is C23H27Cl3N4O. The number of aromatic nitrogens is 2. The second-order valence-electron chi connectivity index (χ2n) is 7.42. The van der Waals surface area contributed by atoms with Crippen LogP contribution in [0.25, 0.3) is 23.1 Å². The maximum absolute atomic E-state index is 6.26. The lowest BCUT2D eigenvalue weighted by molar-refractivity contribution is 0.410. The Morgan fingerprint density at radius 1 is 1.03 bits per heavy atom. The highest BCUT2D eigenvalue weighted by atomic mass is 35.5. The van der Waals surface area contributed by atoms with Crippen molar-refractivity contribution in [3.63, 3.8) is 0 Å². The van der Waals surface area contributed by atoms with Crippen LogP contribution in [0.3, 0.4) is 0 Å². The molecule has 0 saturated heterocycles. The molecule has 0 atom stereocenters. The molecule has 8 heteroatoms. The fraction of sp³-hybridized carbons (Fsp3) is 0.304. The van der Waals surface area contributed by atoms with Gasteiger partial charge in [0.2, 0.25) is 0 Å². The zero-order chi connectivity index (χ0) is 20.2. The van der Waals surface area contributed by atoms with Crippen molar-refractivity contribution in [3.8, 4) is 5.75 Å². The summed E-state index contributed by atoms with van der Waals surface area (Å²) in [6, 6.07) is 14.2. The van der Waals surface area contributed by atoms with Gasteiger partial charge in [-0.3, -0.25) is 0 Å². The molecule has 3 aromatic rings. The molecule has 1 saturated carbocycles. The first-order valence-electron chi connectivity index (χ1n) is 9.93. The van der Waals surface area contributed by atoms with Crippen molar-refractivity contribution in [1.82, 2.24) is 9.97 Å². The van der Waals surface area contributed by atoms with Crippen molar-refractivity contribution >= 4 is 65.3 Å². The topological polar surface area (TPSA) is 73.1 Å². The van der Waals surface area contributed by atoms with E-state index in [4.69, 9.17) is 32.0 Å². The van der Waals surface area contributed by atoms with Gasteiger partial charge in [0.05, 0.1) is 12.6 Å². The fourth-order valence-electron chi connectivity index (χ4n) is 3.67. The van der Waals surface area contributed by atoms with Crippen LogP contribution < -0.4 is 15.8 Å². The molecule has 2 aromatic carbocycles. The molecule has 0 aliphatic heterocycles. The van der Waals surface area contributed by atoms with Crippen LogP contribution >= 0.6 is 36.4 Å². The average molecular weight is 482 g/mol. The Morgan fingerprint density at radius 3 is 2.48 bits per heavy atom. The first-order valence-corrected chi connectivity index (χ1v) is 10.3. The van der Waals surface area contributed by atoms with Gasteiger partial charge in [0, 0.05) is 22.5 Å². The third-order valence-electron chi connectivity index (χ3n) is 5.35. The largest absolute Gasteiger partial charge is 0.497 e. The number of methoxy groups -OCH3 is 1. The summed E-state index contributed by atoms with van der Waals surface area (Å²) in [5, 5.41) is 5.28. The van der Waals surface area contributed by atoms with Crippen molar-refractivity contribution in [2.75, 3.05) is 12.4 Å². The molecule has 1 aliphatic carbocycles. The van der Waals surface area contributed by atoms with Crippen molar-refractivity contribution in [2.45, 2.75) is 37.8 Å². The second kappa shape index (κ2) is 11.5. The third kappa shape index (κ3) is 6.23. The summed E-state index contributed by atoms with van der Waals surface area (Å²) >= 11 is 6.26. The quantitative estimate of drug-likeness (QED) is 0.468. The van der Waals surface area contributed by atoms with Crippen LogP contribution in [0.5, 0.6) is 5.75 Å². The molecule has 0 radical (unpaired) electrons. The first-order chi connectivity index (χ1) is 14.1. The summed E-state index contributed by atoms with van der Waals surface area (Å²) in [5.41, 5.74) is 7.86. The Morgan fingerprint density at radius 2 is 1.77 bits per heavy atom. The van der Waals surface area contributed by atoms with Gasteiger partial charge < -0.3 is 15.8 Å². The minimum absolute atomic E-state index is 0. The lowest BCUT2D eigenvalue weighted by Gasteiger charge is -2.27. The van der Waals surface area contributed by atoms with E-state index in [0.717, 1.165) is 53.7 Å². The van der Waals surface area contributed by atoms with Crippen molar-refractivity contribution in [3.05, 3.63) is 58.9 Å². The van der Waals surface area contributed by atoms with Crippen LogP contribution in [0.15, 0.2) is 42.5 Å². The van der Waals surface area contributed by atoms with Crippen molar-refractivity contribution in [1.29, 1.82) is 0 Å². The number of nitrogens with zero attached hydrogens (tertiary/aromatic N) is 2. The molecule has 0 bridgehead atoms. The molecule has 166 valence electrons. The Balaban J connectivity index is 0.00000171. The number of anilines is 1. The molecule has 1 aromatic heterocycles. The molecule has 1 heterocycles. The monoisotopic (exact) mass is 480 g/mol. The maximum Gasteiger partial charge on any atom is 0.154 e. The van der Waals surface area contributed by atoms with E-state index in [1.54, 1.807) is 7.11 Å². The Kier molecular flexibility index (Phi) is 9.38. The number of hydrogen-bond donors (Lipinski definition) is 2. The molecule has 1 aliphatic rings. The number of nitrogens with one attached hydrogen (secondary N) is 1. The molecule has 3 N–H and O–H groups in total. The van der Waals surface area contributed by atoms with Gasteiger partial charge >= 0.3 is 0 Å². The molecule has 1 fully saturated rings. The maximum atomic E-state index is 6.26. The SMILES string of the molecule is COc1ccc2nc(/C=C\c3ccccc3Cl)nc(NC3CCC(N)CC3)c2c1.Cl.Cl. The molecule has 0 spiro atoms. The van der Waals surface area contributed by atoms with Crippen LogP contribution in [0.1, 0.15) is 37.1 Å². The first kappa shape index (κ1) is 25.2. The van der Waals surface area contributed by atoms with Crippen LogP contribution in [-0.2, 0) is 0 Å². The number of fused-ring (bicyclic) bond motifs is 1. The number of halogens is 3. The number of hydrogen-bond acceptors (Lipinski definition) is 5. The minimum Gasteiger partial charge on any atom is -0.497 e. The van der Waals surface area contributed by atoms with E-state index in [1.807, 2.05) is 54.6 Å². The van der Waals surface area contributed by atoms with E-state index < -0.39 is 0 Å². The standard InChI is InChI=1S/C23H25ClN4O.2ClH/c1-29-18-11-12-21-19(14-18)23(26-17-9-7-16(25)8-10-17)28-22(27-21)13-6-15-4-2-3-5-20(15)24;;/h2-6,11-14,16-17H,7-10,25H2,1H3,(H,26,27,28);2*1H/b13-6-;;. The van der Waals surface area contributed by atoms with E-state index >= 15 is 0 Å². The summed E-state index contributed by atoms with van der Waals surface area (Å²) in [5.74, 6) is 2.25. The summed E-state index contributed by atoms with van der Waals surface area (Å²) in [6.07, 6.45) is 7.98. The summed E-state index contributed by atoms with van der Waals surface area (Å²) in [6.45, 7) is 0. The predicted molar refractivity (Wildman–Crippen MR) is 135 cm³/mol. The van der Waals surface area contributed by atoms with E-state index in [-0.39, 0.29) is 24.8 Å². The number of rotatable bonds is 5. The van der Waals surface area contributed by atoms with Gasteiger partial charge in [0.25, 0.3) is 0 Å². The van der Waals surface area contributed by atoms with E-state index in [9.17, 15) is 0 Å². The highest BCUT2D eigenvalue weighted by Crippen LogP contribution is 2.29. The minimum atomic E-state index is 0. The van der Waals surface area contributed by atoms with Gasteiger partial charge in [0.1, 0.15) is 11.6 Å². The smallest absolute Gasteiger partial charge is 0.154 e. The Bertz CT molecular complexity index is 1040. The summed E-state index contributed by atoms with van der Waals surface area (Å²) in [4.78, 5) is 9.50. The highest BCUT2D eigenvalue weighted by Gasteiger charge is 2.20. The number of ether oxygens (including phenoxy) is 1. The van der Waals surface area contributed by atoms with Gasteiger partial charge in [-0.2, -0.15) is 0 Å². The lowest BCUT2D eigenvalue weighted by atomic mass is 9.92. The number of benzene rings is 2. The Labute approximate surface area is 200 Å². The van der Waals surface area contributed by atoms with E-state index in [1.165, 1.54) is 0 Å². The van der Waals surface area contributed by atoms with Crippen LogP contribution in [-0.4, -0.2) is 29.2 Å².